The number of benzene rings is 2. The van der Waals surface area contributed by atoms with Crippen molar-refractivity contribution in [1.82, 2.24) is 9.80 Å². The van der Waals surface area contributed by atoms with Gasteiger partial charge in [-0.05, 0) is 56.1 Å². The van der Waals surface area contributed by atoms with Gasteiger partial charge in [0.2, 0.25) is 0 Å². The summed E-state index contributed by atoms with van der Waals surface area (Å²) in [6, 6.07) is 10.3. The van der Waals surface area contributed by atoms with E-state index in [4.69, 9.17) is 9.47 Å². The van der Waals surface area contributed by atoms with E-state index >= 15 is 0 Å². The van der Waals surface area contributed by atoms with Crippen molar-refractivity contribution >= 4 is 23.3 Å². The fourth-order valence-electron chi connectivity index (χ4n) is 4.38. The molecular weight excluding hydrogens is 463 g/mol. The number of hydrogen-bond donors (Lipinski definition) is 2. The monoisotopic (exact) mass is 500 g/mol. The SMILES string of the molecule is CCCN1C[C@H](C)[C@H](OC)CN(C)C(=O)c2cc(NC(=O)Nc3ccccc3F)ccc2OC[C@@H]1C. The molecule has 9 heteroatoms. The maximum absolute atomic E-state index is 13.9. The number of amides is 3. The number of hydrogen-bond acceptors (Lipinski definition) is 5. The molecule has 0 saturated heterocycles. The molecule has 1 aliphatic rings. The second kappa shape index (κ2) is 12.7. The lowest BCUT2D eigenvalue weighted by atomic mass is 10.0. The molecule has 2 aromatic carbocycles. The highest BCUT2D eigenvalue weighted by molar-refractivity contribution is 6.02. The second-order valence-electron chi connectivity index (χ2n) is 9.36. The van der Waals surface area contributed by atoms with Crippen molar-refractivity contribution in [3.05, 3.63) is 53.8 Å². The number of carbonyl (C=O) groups is 2. The number of fused-ring (bicyclic) bond motifs is 1. The number of carbonyl (C=O) groups excluding carboxylic acids is 2. The fraction of sp³-hybridized carbons (Fsp3) is 0.481. The third kappa shape index (κ3) is 6.95. The predicted octanol–water partition coefficient (Wildman–Crippen LogP) is 4.69. The maximum atomic E-state index is 13.9. The summed E-state index contributed by atoms with van der Waals surface area (Å²) in [4.78, 5) is 29.9. The van der Waals surface area contributed by atoms with Crippen LogP contribution >= 0.6 is 0 Å². The Labute approximate surface area is 212 Å². The van der Waals surface area contributed by atoms with Gasteiger partial charge in [-0.25, -0.2) is 9.18 Å². The molecule has 0 aromatic heterocycles. The van der Waals surface area contributed by atoms with E-state index in [9.17, 15) is 14.0 Å². The van der Waals surface area contributed by atoms with Crippen molar-refractivity contribution in [2.24, 2.45) is 5.92 Å². The van der Waals surface area contributed by atoms with Gasteiger partial charge in [-0.1, -0.05) is 26.0 Å². The zero-order valence-electron chi connectivity index (χ0n) is 21.7. The molecule has 0 bridgehead atoms. The lowest BCUT2D eigenvalue weighted by Gasteiger charge is -2.35. The Morgan fingerprint density at radius 3 is 2.61 bits per heavy atom. The first-order valence-corrected chi connectivity index (χ1v) is 12.3. The van der Waals surface area contributed by atoms with Crippen LogP contribution in [0, 0.1) is 11.7 Å². The van der Waals surface area contributed by atoms with Gasteiger partial charge in [0.15, 0.2) is 0 Å². The van der Waals surface area contributed by atoms with Crippen molar-refractivity contribution in [3.63, 3.8) is 0 Å². The van der Waals surface area contributed by atoms with Gasteiger partial charge in [0.25, 0.3) is 5.91 Å². The van der Waals surface area contributed by atoms with Crippen LogP contribution in [-0.2, 0) is 4.74 Å². The van der Waals surface area contributed by atoms with Gasteiger partial charge in [0.05, 0.1) is 17.4 Å². The van der Waals surface area contributed by atoms with E-state index in [0.29, 0.717) is 30.2 Å². The van der Waals surface area contributed by atoms with Crippen LogP contribution in [0.3, 0.4) is 0 Å². The number of halogens is 1. The highest BCUT2D eigenvalue weighted by atomic mass is 19.1. The number of likely N-dealkylation sites (N-methyl/N-ethyl adjacent to an activating group) is 1. The standard InChI is InChI=1S/C27H37FN4O4/c1-6-13-32-15-18(2)25(35-5)16-31(4)26(33)21-14-20(11-12-24(21)36-17-19(32)3)29-27(34)30-23-10-8-7-9-22(23)28/h7-12,14,18-19,25H,6,13,15-17H2,1-5H3,(H2,29,30,34)/t18-,19-,25+/m0/s1. The first-order valence-electron chi connectivity index (χ1n) is 12.3. The average molecular weight is 501 g/mol. The minimum atomic E-state index is -0.618. The molecule has 3 atom stereocenters. The molecule has 1 aliphatic heterocycles. The van der Waals surface area contributed by atoms with Crippen LogP contribution in [0.1, 0.15) is 37.6 Å². The lowest BCUT2D eigenvalue weighted by Crippen LogP contribution is -2.46. The Morgan fingerprint density at radius 2 is 1.92 bits per heavy atom. The fourth-order valence-corrected chi connectivity index (χ4v) is 4.38. The van der Waals surface area contributed by atoms with Gasteiger partial charge in [-0.2, -0.15) is 0 Å². The topological polar surface area (TPSA) is 83.1 Å². The van der Waals surface area contributed by atoms with Crippen molar-refractivity contribution in [2.75, 3.05) is 51.0 Å². The van der Waals surface area contributed by atoms with Crippen molar-refractivity contribution in [1.29, 1.82) is 0 Å². The Kier molecular flexibility index (Phi) is 9.66. The second-order valence-corrected chi connectivity index (χ2v) is 9.36. The van der Waals surface area contributed by atoms with Crippen LogP contribution < -0.4 is 15.4 Å². The number of methoxy groups -OCH3 is 1. The summed E-state index contributed by atoms with van der Waals surface area (Å²) in [5.41, 5.74) is 0.779. The number of ether oxygens (including phenoxy) is 2. The molecule has 0 spiro atoms. The summed E-state index contributed by atoms with van der Waals surface area (Å²) in [7, 11) is 3.40. The zero-order chi connectivity index (χ0) is 26.2. The van der Waals surface area contributed by atoms with E-state index in [0.717, 1.165) is 19.5 Å². The summed E-state index contributed by atoms with van der Waals surface area (Å²) in [5, 5.41) is 5.15. The molecule has 0 saturated carbocycles. The van der Waals surface area contributed by atoms with Gasteiger partial charge < -0.3 is 25.0 Å². The normalized spacial score (nSPS) is 21.6. The molecule has 2 aromatic rings. The molecule has 36 heavy (non-hydrogen) atoms. The lowest BCUT2D eigenvalue weighted by molar-refractivity contribution is 0.0108. The molecule has 196 valence electrons. The van der Waals surface area contributed by atoms with Crippen LogP contribution in [0.25, 0.3) is 0 Å². The third-order valence-electron chi connectivity index (χ3n) is 6.46. The van der Waals surface area contributed by atoms with Crippen molar-refractivity contribution < 1.29 is 23.5 Å². The van der Waals surface area contributed by atoms with Crippen molar-refractivity contribution in [3.8, 4) is 5.75 Å². The van der Waals surface area contributed by atoms with Crippen LogP contribution in [0.15, 0.2) is 42.5 Å². The number of nitrogens with zero attached hydrogens (tertiary/aromatic N) is 2. The largest absolute Gasteiger partial charge is 0.491 e. The number of nitrogens with one attached hydrogen (secondary N) is 2. The average Bonchev–Trinajstić information content (AvgIpc) is 2.86. The summed E-state index contributed by atoms with van der Waals surface area (Å²) in [6.45, 7) is 9.01. The molecule has 3 amide bonds. The van der Waals surface area contributed by atoms with E-state index in [-0.39, 0.29) is 29.7 Å². The Bertz CT molecular complexity index is 1050. The molecule has 1 heterocycles. The smallest absolute Gasteiger partial charge is 0.323 e. The Balaban J connectivity index is 1.87. The van der Waals surface area contributed by atoms with Crippen molar-refractivity contribution in [2.45, 2.75) is 39.3 Å². The van der Waals surface area contributed by atoms with Gasteiger partial charge >= 0.3 is 6.03 Å². The number of urea groups is 1. The Morgan fingerprint density at radius 1 is 1.17 bits per heavy atom. The molecule has 2 N–H and O–H groups in total. The van der Waals surface area contributed by atoms with Crippen LogP contribution in [-0.4, -0.2) is 74.3 Å². The molecule has 8 nitrogen and oxygen atoms in total. The predicted molar refractivity (Wildman–Crippen MR) is 139 cm³/mol. The molecule has 0 unspecified atom stereocenters. The summed E-state index contributed by atoms with van der Waals surface area (Å²) < 4.78 is 25.8. The molecule has 0 fully saturated rings. The molecule has 3 rings (SSSR count). The van der Waals surface area contributed by atoms with Crippen LogP contribution in [0.5, 0.6) is 5.75 Å². The highest BCUT2D eigenvalue weighted by Crippen LogP contribution is 2.27. The van der Waals surface area contributed by atoms with E-state index in [1.165, 1.54) is 12.1 Å². The quantitative estimate of drug-likeness (QED) is 0.623. The van der Waals surface area contributed by atoms with E-state index in [2.05, 4.69) is 36.3 Å². The van der Waals surface area contributed by atoms with Crippen LogP contribution in [0.4, 0.5) is 20.6 Å². The van der Waals surface area contributed by atoms with E-state index in [1.807, 2.05) is 0 Å². The van der Waals surface area contributed by atoms with E-state index < -0.39 is 11.8 Å². The minimum absolute atomic E-state index is 0.0609. The molecule has 0 radical (unpaired) electrons. The number of rotatable bonds is 5. The summed E-state index contributed by atoms with van der Waals surface area (Å²) in [5.74, 6) is -0.134. The highest BCUT2D eigenvalue weighted by Gasteiger charge is 2.28. The number of para-hydroxylation sites is 1. The van der Waals surface area contributed by atoms with E-state index in [1.54, 1.807) is 49.4 Å². The summed E-state index contributed by atoms with van der Waals surface area (Å²) >= 11 is 0. The first kappa shape index (κ1) is 27.4. The zero-order valence-corrected chi connectivity index (χ0v) is 21.7. The van der Waals surface area contributed by atoms with Gasteiger partial charge in [-0.3, -0.25) is 9.69 Å². The van der Waals surface area contributed by atoms with Crippen LogP contribution in [0.2, 0.25) is 0 Å². The summed E-state index contributed by atoms with van der Waals surface area (Å²) in [6.07, 6.45) is 0.885. The van der Waals surface area contributed by atoms with Gasteiger partial charge in [0.1, 0.15) is 18.2 Å². The molecular formula is C27H37FN4O4. The van der Waals surface area contributed by atoms with Gasteiger partial charge in [0, 0.05) is 39.0 Å². The molecule has 0 aliphatic carbocycles. The third-order valence-corrected chi connectivity index (χ3v) is 6.46. The number of anilines is 2. The Hall–Kier alpha value is -3.17. The first-order chi connectivity index (χ1) is 17.2. The van der Waals surface area contributed by atoms with Gasteiger partial charge in [-0.15, -0.1) is 0 Å². The minimum Gasteiger partial charge on any atom is -0.491 e. The maximum Gasteiger partial charge on any atom is 0.323 e.